The summed E-state index contributed by atoms with van der Waals surface area (Å²) in [6.07, 6.45) is -0.233. The lowest BCUT2D eigenvalue weighted by molar-refractivity contribution is 0.140. The van der Waals surface area contributed by atoms with Crippen LogP contribution in [0.5, 0.6) is 0 Å². The van der Waals surface area contributed by atoms with Gasteiger partial charge >= 0.3 is 0 Å². The predicted octanol–water partition coefficient (Wildman–Crippen LogP) is 1.19. The summed E-state index contributed by atoms with van der Waals surface area (Å²) in [5.74, 6) is 0. The van der Waals surface area contributed by atoms with Gasteiger partial charge in [0.05, 0.1) is 12.7 Å². The molecule has 4 N–H and O–H groups in total. The number of aliphatic hydroxyl groups is 2. The Hall–Kier alpha value is -0.420. The standard InChI is InChI=1S/C10H14BrNO2/c11-8-3-1-7(2-4-8)10(14)5-9(12)6-13/h1-4,9-10,13-14H,5-6,12H2/t9-,10-/m1/s1. The molecule has 1 aromatic rings. The van der Waals surface area contributed by atoms with Crippen LogP contribution in [0.25, 0.3) is 0 Å². The van der Waals surface area contributed by atoms with E-state index in [2.05, 4.69) is 15.9 Å². The van der Waals surface area contributed by atoms with Crippen molar-refractivity contribution in [1.82, 2.24) is 0 Å². The van der Waals surface area contributed by atoms with E-state index in [1.54, 1.807) is 0 Å². The van der Waals surface area contributed by atoms with Crippen LogP contribution in [0.4, 0.5) is 0 Å². The van der Waals surface area contributed by atoms with E-state index in [0.29, 0.717) is 6.42 Å². The van der Waals surface area contributed by atoms with Crippen molar-refractivity contribution in [2.24, 2.45) is 5.73 Å². The lowest BCUT2D eigenvalue weighted by Gasteiger charge is -2.14. The highest BCUT2D eigenvalue weighted by atomic mass is 79.9. The molecule has 0 saturated carbocycles. The molecule has 0 radical (unpaired) electrons. The number of benzene rings is 1. The first kappa shape index (κ1) is 11.7. The molecule has 0 amide bonds. The molecule has 3 nitrogen and oxygen atoms in total. The summed E-state index contributed by atoms with van der Waals surface area (Å²) in [6.45, 7) is -0.104. The van der Waals surface area contributed by atoms with E-state index in [1.807, 2.05) is 24.3 Å². The lowest BCUT2D eigenvalue weighted by Crippen LogP contribution is -2.26. The molecule has 1 aromatic carbocycles. The first-order valence-corrected chi connectivity index (χ1v) is 5.22. The quantitative estimate of drug-likeness (QED) is 0.761. The van der Waals surface area contributed by atoms with Crippen molar-refractivity contribution in [1.29, 1.82) is 0 Å². The normalized spacial score (nSPS) is 15.1. The number of hydrogen-bond acceptors (Lipinski definition) is 3. The Kier molecular flexibility index (Phi) is 4.54. The molecule has 0 aliphatic rings. The zero-order chi connectivity index (χ0) is 10.6. The molecular weight excluding hydrogens is 246 g/mol. The number of halogens is 1. The number of nitrogens with two attached hydrogens (primary N) is 1. The maximum Gasteiger partial charge on any atom is 0.0805 e. The average Bonchev–Trinajstić information content (AvgIpc) is 2.18. The van der Waals surface area contributed by atoms with Gasteiger partial charge < -0.3 is 15.9 Å². The fourth-order valence-corrected chi connectivity index (χ4v) is 1.45. The number of aliphatic hydroxyl groups excluding tert-OH is 2. The van der Waals surface area contributed by atoms with Gasteiger partial charge in [-0.25, -0.2) is 0 Å². The Balaban J connectivity index is 2.60. The zero-order valence-electron chi connectivity index (χ0n) is 7.73. The second-order valence-electron chi connectivity index (χ2n) is 3.25. The van der Waals surface area contributed by atoms with Gasteiger partial charge in [-0.1, -0.05) is 28.1 Å². The molecule has 0 aliphatic heterocycles. The van der Waals surface area contributed by atoms with E-state index in [0.717, 1.165) is 10.0 Å². The van der Waals surface area contributed by atoms with Crippen molar-refractivity contribution in [2.75, 3.05) is 6.61 Å². The Morgan fingerprint density at radius 1 is 1.29 bits per heavy atom. The molecule has 4 heteroatoms. The molecule has 0 aliphatic carbocycles. The van der Waals surface area contributed by atoms with Gasteiger partial charge in [-0.2, -0.15) is 0 Å². The fraction of sp³-hybridized carbons (Fsp3) is 0.400. The predicted molar refractivity (Wildman–Crippen MR) is 58.8 cm³/mol. The SMILES string of the molecule is N[C@@H](CO)C[C@@H](O)c1ccc(Br)cc1. The maximum atomic E-state index is 9.71. The smallest absolute Gasteiger partial charge is 0.0805 e. The summed E-state index contributed by atoms with van der Waals surface area (Å²) in [7, 11) is 0. The van der Waals surface area contributed by atoms with E-state index in [4.69, 9.17) is 10.8 Å². The summed E-state index contributed by atoms with van der Waals surface area (Å²) in [5.41, 5.74) is 6.34. The van der Waals surface area contributed by atoms with Crippen LogP contribution in [0.3, 0.4) is 0 Å². The van der Waals surface area contributed by atoms with Crippen molar-refractivity contribution >= 4 is 15.9 Å². The van der Waals surface area contributed by atoms with Gasteiger partial charge in [0.25, 0.3) is 0 Å². The van der Waals surface area contributed by atoms with E-state index in [1.165, 1.54) is 0 Å². The largest absolute Gasteiger partial charge is 0.395 e. The van der Waals surface area contributed by atoms with E-state index in [9.17, 15) is 5.11 Å². The minimum absolute atomic E-state index is 0.104. The van der Waals surface area contributed by atoms with Gasteiger partial charge in [-0.15, -0.1) is 0 Å². The summed E-state index contributed by atoms with van der Waals surface area (Å²) in [4.78, 5) is 0. The van der Waals surface area contributed by atoms with E-state index in [-0.39, 0.29) is 12.6 Å². The minimum atomic E-state index is -0.606. The number of hydrogen-bond donors (Lipinski definition) is 3. The van der Waals surface area contributed by atoms with Crippen LogP contribution in [0, 0.1) is 0 Å². The molecular formula is C10H14BrNO2. The highest BCUT2D eigenvalue weighted by Crippen LogP contribution is 2.19. The Morgan fingerprint density at radius 3 is 2.36 bits per heavy atom. The summed E-state index contributed by atoms with van der Waals surface area (Å²) < 4.78 is 0.972. The molecule has 0 aromatic heterocycles. The van der Waals surface area contributed by atoms with Crippen molar-refractivity contribution in [3.8, 4) is 0 Å². The van der Waals surface area contributed by atoms with Gasteiger partial charge in [0.15, 0.2) is 0 Å². The Morgan fingerprint density at radius 2 is 1.86 bits per heavy atom. The van der Waals surface area contributed by atoms with Crippen LogP contribution in [0.1, 0.15) is 18.1 Å². The third-order valence-corrected chi connectivity index (χ3v) is 2.54. The maximum absolute atomic E-state index is 9.71. The van der Waals surface area contributed by atoms with Crippen molar-refractivity contribution in [2.45, 2.75) is 18.6 Å². The minimum Gasteiger partial charge on any atom is -0.395 e. The van der Waals surface area contributed by atoms with Gasteiger partial charge in [-0.3, -0.25) is 0 Å². The Labute approximate surface area is 91.7 Å². The molecule has 0 saturated heterocycles. The fourth-order valence-electron chi connectivity index (χ4n) is 1.18. The molecule has 78 valence electrons. The summed E-state index contributed by atoms with van der Waals surface area (Å²) in [5, 5.41) is 18.4. The monoisotopic (exact) mass is 259 g/mol. The van der Waals surface area contributed by atoms with Gasteiger partial charge in [0.1, 0.15) is 0 Å². The highest BCUT2D eigenvalue weighted by Gasteiger charge is 2.11. The van der Waals surface area contributed by atoms with Crippen LogP contribution in [-0.2, 0) is 0 Å². The first-order chi connectivity index (χ1) is 6.63. The molecule has 14 heavy (non-hydrogen) atoms. The van der Waals surface area contributed by atoms with E-state index >= 15 is 0 Å². The van der Waals surface area contributed by atoms with E-state index < -0.39 is 6.10 Å². The molecule has 0 spiro atoms. The number of rotatable bonds is 4. The molecule has 1 rings (SSSR count). The highest BCUT2D eigenvalue weighted by molar-refractivity contribution is 9.10. The molecule has 0 heterocycles. The lowest BCUT2D eigenvalue weighted by atomic mass is 10.0. The summed E-state index contributed by atoms with van der Waals surface area (Å²) in [6, 6.07) is 7.03. The second kappa shape index (κ2) is 5.46. The van der Waals surface area contributed by atoms with Crippen LogP contribution in [0.15, 0.2) is 28.7 Å². The zero-order valence-corrected chi connectivity index (χ0v) is 9.31. The molecule has 0 bridgehead atoms. The first-order valence-electron chi connectivity index (χ1n) is 4.43. The van der Waals surface area contributed by atoms with Crippen LogP contribution in [0.2, 0.25) is 0 Å². The van der Waals surface area contributed by atoms with Gasteiger partial charge in [0.2, 0.25) is 0 Å². The third kappa shape index (κ3) is 3.38. The molecule has 0 fully saturated rings. The third-order valence-electron chi connectivity index (χ3n) is 2.02. The Bertz CT molecular complexity index is 276. The van der Waals surface area contributed by atoms with Gasteiger partial charge in [-0.05, 0) is 24.1 Å². The van der Waals surface area contributed by atoms with Crippen LogP contribution >= 0.6 is 15.9 Å². The van der Waals surface area contributed by atoms with Crippen LogP contribution < -0.4 is 5.73 Å². The second-order valence-corrected chi connectivity index (χ2v) is 4.16. The van der Waals surface area contributed by atoms with Crippen molar-refractivity contribution in [3.63, 3.8) is 0 Å². The summed E-state index contributed by atoms with van der Waals surface area (Å²) >= 11 is 3.31. The topological polar surface area (TPSA) is 66.5 Å². The average molecular weight is 260 g/mol. The van der Waals surface area contributed by atoms with Crippen LogP contribution in [-0.4, -0.2) is 22.9 Å². The molecule has 0 unspecified atom stereocenters. The van der Waals surface area contributed by atoms with Crippen molar-refractivity contribution in [3.05, 3.63) is 34.3 Å². The van der Waals surface area contributed by atoms with Crippen molar-refractivity contribution < 1.29 is 10.2 Å². The van der Waals surface area contributed by atoms with Gasteiger partial charge in [0, 0.05) is 10.5 Å². The molecule has 2 atom stereocenters.